The molecular formula is C24H19N3O3S2. The molecule has 2 aromatic carbocycles. The van der Waals surface area contributed by atoms with E-state index in [0.717, 1.165) is 10.6 Å². The molecule has 2 heterocycles. The SMILES string of the molecule is CC(=O)N(c1ccccc1)c1nc(COC(=O)c2cccnc2Sc2ccccc2)cs1. The van der Waals surface area contributed by atoms with Gasteiger partial charge >= 0.3 is 5.97 Å². The van der Waals surface area contributed by atoms with Crippen LogP contribution in [0.4, 0.5) is 10.8 Å². The summed E-state index contributed by atoms with van der Waals surface area (Å²) in [5.41, 5.74) is 1.70. The largest absolute Gasteiger partial charge is 0.455 e. The smallest absolute Gasteiger partial charge is 0.341 e. The maximum atomic E-state index is 12.7. The zero-order valence-corrected chi connectivity index (χ0v) is 18.8. The number of carbonyl (C=O) groups excluding carboxylic acids is 2. The third-order valence-electron chi connectivity index (χ3n) is 4.36. The van der Waals surface area contributed by atoms with Crippen LogP contribution in [0.5, 0.6) is 0 Å². The summed E-state index contributed by atoms with van der Waals surface area (Å²) in [6.07, 6.45) is 1.65. The number of thiazole rings is 1. The van der Waals surface area contributed by atoms with Gasteiger partial charge in [0.2, 0.25) is 5.91 Å². The monoisotopic (exact) mass is 461 g/mol. The van der Waals surface area contributed by atoms with Gasteiger partial charge in [-0.2, -0.15) is 0 Å². The number of aromatic nitrogens is 2. The Hall–Kier alpha value is -3.49. The minimum Gasteiger partial charge on any atom is -0.455 e. The molecule has 8 heteroatoms. The molecule has 0 N–H and O–H groups in total. The van der Waals surface area contributed by atoms with E-state index >= 15 is 0 Å². The molecule has 0 aliphatic carbocycles. The summed E-state index contributed by atoms with van der Waals surface area (Å²) in [6.45, 7) is 1.49. The van der Waals surface area contributed by atoms with Crippen LogP contribution >= 0.6 is 23.1 Å². The van der Waals surface area contributed by atoms with Crippen LogP contribution in [0.15, 0.2) is 94.3 Å². The van der Waals surface area contributed by atoms with Crippen molar-refractivity contribution in [3.8, 4) is 0 Å². The molecule has 0 saturated carbocycles. The highest BCUT2D eigenvalue weighted by atomic mass is 32.2. The molecule has 0 unspecified atom stereocenters. The Morgan fingerprint density at radius 1 is 1.00 bits per heavy atom. The van der Waals surface area contributed by atoms with Gasteiger partial charge in [0.15, 0.2) is 5.13 Å². The summed E-state index contributed by atoms with van der Waals surface area (Å²) in [6, 6.07) is 22.4. The van der Waals surface area contributed by atoms with E-state index in [0.29, 0.717) is 21.4 Å². The summed E-state index contributed by atoms with van der Waals surface area (Å²) in [5.74, 6) is -0.621. The van der Waals surface area contributed by atoms with Gasteiger partial charge in [-0.1, -0.05) is 48.2 Å². The van der Waals surface area contributed by atoms with Crippen LogP contribution in [0.1, 0.15) is 23.0 Å². The molecule has 32 heavy (non-hydrogen) atoms. The van der Waals surface area contributed by atoms with E-state index in [1.54, 1.807) is 23.7 Å². The molecular weight excluding hydrogens is 442 g/mol. The van der Waals surface area contributed by atoms with Crippen molar-refractivity contribution < 1.29 is 14.3 Å². The van der Waals surface area contributed by atoms with Crippen molar-refractivity contribution in [1.82, 2.24) is 9.97 Å². The first kappa shape index (κ1) is 21.7. The highest BCUT2D eigenvalue weighted by Gasteiger charge is 2.19. The lowest BCUT2D eigenvalue weighted by atomic mass is 10.3. The second-order valence-corrected chi connectivity index (χ2v) is 8.56. The molecule has 1 amide bonds. The molecule has 4 rings (SSSR count). The Morgan fingerprint density at radius 2 is 1.72 bits per heavy atom. The summed E-state index contributed by atoms with van der Waals surface area (Å²) in [4.78, 5) is 36.3. The van der Waals surface area contributed by atoms with Gasteiger partial charge in [0.1, 0.15) is 11.6 Å². The van der Waals surface area contributed by atoms with Crippen LogP contribution < -0.4 is 4.90 Å². The first-order valence-electron chi connectivity index (χ1n) is 9.77. The van der Waals surface area contributed by atoms with Crippen molar-refractivity contribution in [2.24, 2.45) is 0 Å². The van der Waals surface area contributed by atoms with Crippen molar-refractivity contribution in [2.45, 2.75) is 23.5 Å². The van der Waals surface area contributed by atoms with E-state index in [4.69, 9.17) is 4.74 Å². The Kier molecular flexibility index (Phi) is 6.94. The third kappa shape index (κ3) is 5.22. The van der Waals surface area contributed by atoms with Gasteiger partial charge in [0.25, 0.3) is 0 Å². The number of para-hydroxylation sites is 1. The van der Waals surface area contributed by atoms with E-state index in [1.165, 1.54) is 34.9 Å². The number of nitrogens with zero attached hydrogens (tertiary/aromatic N) is 3. The number of esters is 1. The predicted molar refractivity (Wildman–Crippen MR) is 125 cm³/mol. The molecule has 0 saturated heterocycles. The van der Waals surface area contributed by atoms with Gasteiger partial charge in [-0.3, -0.25) is 9.69 Å². The summed E-state index contributed by atoms with van der Waals surface area (Å²) in [5, 5.41) is 2.88. The number of amides is 1. The molecule has 0 radical (unpaired) electrons. The number of pyridine rings is 1. The lowest BCUT2D eigenvalue weighted by Crippen LogP contribution is -2.22. The molecule has 0 atom stereocenters. The first-order chi connectivity index (χ1) is 15.6. The Bertz CT molecular complexity index is 1210. The van der Waals surface area contributed by atoms with Gasteiger partial charge in [-0.05, 0) is 36.4 Å². The van der Waals surface area contributed by atoms with E-state index in [-0.39, 0.29) is 12.5 Å². The van der Waals surface area contributed by atoms with E-state index in [2.05, 4.69) is 9.97 Å². The molecule has 6 nitrogen and oxygen atoms in total. The molecule has 0 aliphatic heterocycles. The summed E-state index contributed by atoms with van der Waals surface area (Å²) >= 11 is 2.72. The van der Waals surface area contributed by atoms with Crippen molar-refractivity contribution >= 4 is 45.8 Å². The normalized spacial score (nSPS) is 10.5. The second kappa shape index (κ2) is 10.2. The number of rotatable bonds is 7. The first-order valence-corrected chi connectivity index (χ1v) is 11.5. The van der Waals surface area contributed by atoms with Crippen molar-refractivity contribution in [2.75, 3.05) is 4.90 Å². The van der Waals surface area contributed by atoms with Crippen LogP contribution in [0.2, 0.25) is 0 Å². The van der Waals surface area contributed by atoms with Crippen LogP contribution in [0, 0.1) is 0 Å². The zero-order chi connectivity index (χ0) is 22.3. The van der Waals surface area contributed by atoms with Gasteiger partial charge < -0.3 is 4.74 Å². The predicted octanol–water partition coefficient (Wildman–Crippen LogP) is 5.73. The Labute approximate surface area is 193 Å². The minimum absolute atomic E-state index is 0.000204. The van der Waals surface area contributed by atoms with Crippen LogP contribution in [-0.4, -0.2) is 21.8 Å². The average Bonchev–Trinajstić information content (AvgIpc) is 3.27. The Balaban J connectivity index is 1.46. The molecule has 0 aliphatic rings. The van der Waals surface area contributed by atoms with Crippen LogP contribution in [0.25, 0.3) is 0 Å². The molecule has 0 fully saturated rings. The number of benzene rings is 2. The molecule has 4 aromatic rings. The molecule has 2 aromatic heterocycles. The summed E-state index contributed by atoms with van der Waals surface area (Å²) in [7, 11) is 0. The van der Waals surface area contributed by atoms with Crippen LogP contribution in [-0.2, 0) is 16.1 Å². The number of carbonyl (C=O) groups is 2. The lowest BCUT2D eigenvalue weighted by molar-refractivity contribution is -0.115. The number of hydrogen-bond acceptors (Lipinski definition) is 7. The van der Waals surface area contributed by atoms with E-state index in [9.17, 15) is 9.59 Å². The molecule has 160 valence electrons. The van der Waals surface area contributed by atoms with Crippen molar-refractivity contribution in [3.05, 3.63) is 95.6 Å². The third-order valence-corrected chi connectivity index (χ3v) is 6.26. The maximum absolute atomic E-state index is 12.7. The van der Waals surface area contributed by atoms with Crippen molar-refractivity contribution in [3.63, 3.8) is 0 Å². The highest BCUT2D eigenvalue weighted by molar-refractivity contribution is 7.99. The minimum atomic E-state index is -0.474. The fourth-order valence-electron chi connectivity index (χ4n) is 2.91. The summed E-state index contributed by atoms with van der Waals surface area (Å²) < 4.78 is 5.50. The molecule has 0 bridgehead atoms. The fraction of sp³-hybridized carbons (Fsp3) is 0.0833. The zero-order valence-electron chi connectivity index (χ0n) is 17.2. The van der Waals surface area contributed by atoms with Gasteiger partial charge in [0.05, 0.1) is 16.9 Å². The number of ether oxygens (including phenoxy) is 1. The topological polar surface area (TPSA) is 72.4 Å². The van der Waals surface area contributed by atoms with E-state index in [1.807, 2.05) is 60.7 Å². The number of hydrogen-bond donors (Lipinski definition) is 0. The fourth-order valence-corrected chi connectivity index (χ4v) is 4.68. The van der Waals surface area contributed by atoms with Gasteiger partial charge in [-0.25, -0.2) is 14.8 Å². The van der Waals surface area contributed by atoms with Gasteiger partial charge in [-0.15, -0.1) is 11.3 Å². The van der Waals surface area contributed by atoms with E-state index < -0.39 is 5.97 Å². The average molecular weight is 462 g/mol. The second-order valence-electron chi connectivity index (χ2n) is 6.66. The van der Waals surface area contributed by atoms with Crippen LogP contribution in [0.3, 0.4) is 0 Å². The van der Waals surface area contributed by atoms with Gasteiger partial charge in [0, 0.05) is 23.4 Å². The number of anilines is 2. The lowest BCUT2D eigenvalue weighted by Gasteiger charge is -2.17. The quantitative estimate of drug-likeness (QED) is 0.327. The van der Waals surface area contributed by atoms with Crippen molar-refractivity contribution in [1.29, 1.82) is 0 Å². The highest BCUT2D eigenvalue weighted by Crippen LogP contribution is 2.30. The Morgan fingerprint density at radius 3 is 2.44 bits per heavy atom. The maximum Gasteiger partial charge on any atom is 0.341 e. The molecule has 0 spiro atoms. The standard InChI is InChI=1S/C24H19N3O3S2/c1-17(28)27(19-9-4-2-5-10-19)24-26-18(16-31-24)15-30-23(29)21-13-8-14-25-22(21)32-20-11-6-3-7-12-20/h2-14,16H,15H2,1H3.